The van der Waals surface area contributed by atoms with E-state index in [0.717, 1.165) is 5.56 Å². The Morgan fingerprint density at radius 1 is 1.07 bits per heavy atom. The summed E-state index contributed by atoms with van der Waals surface area (Å²) in [5.74, 6) is -0.421. The van der Waals surface area contributed by atoms with Gasteiger partial charge in [0.2, 0.25) is 0 Å². The molecule has 1 aromatic carbocycles. The molecule has 1 heterocycles. The molecule has 5 heteroatoms. The highest BCUT2D eigenvalue weighted by Crippen LogP contribution is 2.12. The Bertz CT molecular complexity index is 451. The molecule has 3 amide bonds. The van der Waals surface area contributed by atoms with Crippen LogP contribution in [0.2, 0.25) is 5.02 Å². The maximum absolute atomic E-state index is 11.2. The molecule has 2 rings (SSSR count). The summed E-state index contributed by atoms with van der Waals surface area (Å²) in [5.41, 5.74) is 1.04. The number of halogens is 1. The van der Waals surface area contributed by atoms with Gasteiger partial charge in [0.15, 0.2) is 0 Å². The Labute approximate surface area is 90.9 Å². The highest BCUT2D eigenvalue weighted by atomic mass is 35.5. The minimum absolute atomic E-state index is 0.238. The zero-order valence-corrected chi connectivity index (χ0v) is 8.34. The number of hydrogen-bond donors (Lipinski definition) is 2. The van der Waals surface area contributed by atoms with Crippen LogP contribution in [-0.4, -0.2) is 11.9 Å². The van der Waals surface area contributed by atoms with Gasteiger partial charge in [-0.3, -0.25) is 10.1 Å². The molecule has 0 aromatic heterocycles. The van der Waals surface area contributed by atoms with E-state index < -0.39 is 11.9 Å². The maximum Gasteiger partial charge on any atom is 0.326 e. The molecule has 0 aliphatic carbocycles. The van der Waals surface area contributed by atoms with Crippen molar-refractivity contribution in [2.75, 3.05) is 0 Å². The molecule has 1 aromatic rings. The minimum Gasteiger partial charge on any atom is -0.303 e. The summed E-state index contributed by atoms with van der Waals surface area (Å²) in [6.45, 7) is 0. The topological polar surface area (TPSA) is 58.2 Å². The first kappa shape index (κ1) is 9.73. The Morgan fingerprint density at radius 3 is 2.27 bits per heavy atom. The maximum atomic E-state index is 11.2. The van der Waals surface area contributed by atoms with E-state index in [4.69, 9.17) is 11.6 Å². The first-order valence-corrected chi connectivity index (χ1v) is 4.62. The highest BCUT2D eigenvalue weighted by Gasteiger charge is 2.22. The molecule has 0 spiro atoms. The lowest BCUT2D eigenvalue weighted by molar-refractivity contribution is -0.115. The number of imide groups is 1. The second-order valence-electron chi connectivity index (χ2n) is 3.02. The van der Waals surface area contributed by atoms with Crippen molar-refractivity contribution in [3.8, 4) is 0 Å². The van der Waals surface area contributed by atoms with Gasteiger partial charge in [0, 0.05) is 5.02 Å². The van der Waals surface area contributed by atoms with E-state index in [-0.39, 0.29) is 5.70 Å². The Balaban J connectivity index is 2.27. The van der Waals surface area contributed by atoms with Crippen molar-refractivity contribution < 1.29 is 9.59 Å². The zero-order chi connectivity index (χ0) is 10.8. The molecule has 1 aliphatic rings. The number of carbonyl (C=O) groups excluding carboxylic acids is 2. The van der Waals surface area contributed by atoms with Crippen LogP contribution in [0.25, 0.3) is 6.08 Å². The monoisotopic (exact) mass is 222 g/mol. The van der Waals surface area contributed by atoms with Crippen molar-refractivity contribution in [1.82, 2.24) is 10.6 Å². The third kappa shape index (κ3) is 2.16. The van der Waals surface area contributed by atoms with Gasteiger partial charge in [-0.05, 0) is 23.8 Å². The summed E-state index contributed by atoms with van der Waals surface area (Å²) in [7, 11) is 0. The molecule has 2 N–H and O–H groups in total. The lowest BCUT2D eigenvalue weighted by Crippen LogP contribution is -2.22. The van der Waals surface area contributed by atoms with Crippen LogP contribution in [0, 0.1) is 0 Å². The van der Waals surface area contributed by atoms with E-state index in [1.807, 2.05) is 0 Å². The average Bonchev–Trinajstić information content (AvgIpc) is 2.49. The molecule has 1 aliphatic heterocycles. The van der Waals surface area contributed by atoms with Crippen molar-refractivity contribution in [1.29, 1.82) is 0 Å². The second kappa shape index (κ2) is 3.74. The number of hydrogen-bond acceptors (Lipinski definition) is 2. The van der Waals surface area contributed by atoms with Crippen LogP contribution >= 0.6 is 11.6 Å². The molecule has 4 nitrogen and oxygen atoms in total. The molecular formula is C10H7ClN2O2. The minimum atomic E-state index is -0.500. The molecule has 0 bridgehead atoms. The fraction of sp³-hybridized carbons (Fsp3) is 0. The Hall–Kier alpha value is -1.81. The first-order valence-electron chi connectivity index (χ1n) is 4.25. The van der Waals surface area contributed by atoms with Gasteiger partial charge in [-0.15, -0.1) is 0 Å². The van der Waals surface area contributed by atoms with E-state index in [1.165, 1.54) is 0 Å². The number of benzene rings is 1. The van der Waals surface area contributed by atoms with Gasteiger partial charge >= 0.3 is 6.03 Å². The Morgan fingerprint density at radius 2 is 1.73 bits per heavy atom. The third-order valence-corrected chi connectivity index (χ3v) is 2.15. The van der Waals surface area contributed by atoms with Crippen LogP contribution in [0.15, 0.2) is 30.0 Å². The molecule has 0 saturated carbocycles. The summed E-state index contributed by atoms with van der Waals surface area (Å²) >= 11 is 5.71. The second-order valence-corrected chi connectivity index (χ2v) is 3.45. The quantitative estimate of drug-likeness (QED) is 0.559. The summed E-state index contributed by atoms with van der Waals surface area (Å²) in [6.07, 6.45) is 1.58. The summed E-state index contributed by atoms with van der Waals surface area (Å²) in [4.78, 5) is 22.0. The van der Waals surface area contributed by atoms with Gasteiger partial charge in [-0.1, -0.05) is 23.7 Å². The van der Waals surface area contributed by atoms with Crippen LogP contribution in [0.3, 0.4) is 0 Å². The molecule has 15 heavy (non-hydrogen) atoms. The van der Waals surface area contributed by atoms with E-state index in [2.05, 4.69) is 10.6 Å². The molecule has 1 saturated heterocycles. The van der Waals surface area contributed by atoms with E-state index >= 15 is 0 Å². The number of urea groups is 1. The SMILES string of the molecule is O=C1NC(=O)/C(=C\c2ccc(Cl)cc2)N1. The normalized spacial score (nSPS) is 17.8. The first-order chi connectivity index (χ1) is 7.15. The predicted molar refractivity (Wildman–Crippen MR) is 56.1 cm³/mol. The number of carbonyl (C=O) groups is 2. The fourth-order valence-corrected chi connectivity index (χ4v) is 1.33. The average molecular weight is 223 g/mol. The van der Waals surface area contributed by atoms with Gasteiger partial charge in [0.05, 0.1) is 0 Å². The van der Waals surface area contributed by atoms with Gasteiger partial charge in [-0.2, -0.15) is 0 Å². The van der Waals surface area contributed by atoms with Crippen LogP contribution in [-0.2, 0) is 4.79 Å². The van der Waals surface area contributed by atoms with Gasteiger partial charge in [0.25, 0.3) is 5.91 Å². The molecule has 1 fully saturated rings. The largest absolute Gasteiger partial charge is 0.326 e. The number of amides is 3. The van der Waals surface area contributed by atoms with E-state index in [9.17, 15) is 9.59 Å². The van der Waals surface area contributed by atoms with Crippen molar-refractivity contribution in [3.05, 3.63) is 40.5 Å². The van der Waals surface area contributed by atoms with Gasteiger partial charge < -0.3 is 5.32 Å². The van der Waals surface area contributed by atoms with Crippen molar-refractivity contribution in [3.63, 3.8) is 0 Å². The van der Waals surface area contributed by atoms with Gasteiger partial charge in [0.1, 0.15) is 5.70 Å². The van der Waals surface area contributed by atoms with Crippen LogP contribution in [0.5, 0.6) is 0 Å². The molecule has 0 unspecified atom stereocenters. The summed E-state index contributed by atoms with van der Waals surface area (Å²) in [6, 6.07) is 6.44. The lowest BCUT2D eigenvalue weighted by atomic mass is 10.2. The third-order valence-electron chi connectivity index (χ3n) is 1.90. The zero-order valence-electron chi connectivity index (χ0n) is 7.58. The molecule has 0 radical (unpaired) electrons. The lowest BCUT2D eigenvalue weighted by Gasteiger charge is -1.95. The summed E-state index contributed by atoms with van der Waals surface area (Å²) in [5, 5.41) is 5.13. The fourth-order valence-electron chi connectivity index (χ4n) is 1.21. The van der Waals surface area contributed by atoms with Gasteiger partial charge in [-0.25, -0.2) is 4.79 Å². The number of rotatable bonds is 1. The van der Waals surface area contributed by atoms with Crippen molar-refractivity contribution >= 4 is 29.6 Å². The van der Waals surface area contributed by atoms with E-state index in [1.54, 1.807) is 30.3 Å². The molecule has 0 atom stereocenters. The van der Waals surface area contributed by atoms with Crippen LogP contribution in [0.4, 0.5) is 4.79 Å². The summed E-state index contributed by atoms with van der Waals surface area (Å²) < 4.78 is 0. The highest BCUT2D eigenvalue weighted by molar-refractivity contribution is 6.30. The standard InChI is InChI=1S/C10H7ClN2O2/c11-7-3-1-6(2-4-7)5-8-9(14)13-10(15)12-8/h1-5H,(H2,12,13,14,15)/b8-5+. The van der Waals surface area contributed by atoms with Crippen molar-refractivity contribution in [2.45, 2.75) is 0 Å². The molecular weight excluding hydrogens is 216 g/mol. The predicted octanol–water partition coefficient (Wildman–Crippen LogP) is 1.52. The number of nitrogens with one attached hydrogen (secondary N) is 2. The smallest absolute Gasteiger partial charge is 0.303 e. The van der Waals surface area contributed by atoms with Crippen LogP contribution < -0.4 is 10.6 Å². The van der Waals surface area contributed by atoms with Crippen LogP contribution in [0.1, 0.15) is 5.56 Å². The van der Waals surface area contributed by atoms with E-state index in [0.29, 0.717) is 5.02 Å². The Kier molecular flexibility index (Phi) is 2.43. The molecule has 76 valence electrons. The van der Waals surface area contributed by atoms with Crippen molar-refractivity contribution in [2.24, 2.45) is 0 Å².